The van der Waals surface area contributed by atoms with E-state index in [9.17, 15) is 4.79 Å². The Morgan fingerprint density at radius 2 is 1.94 bits per heavy atom. The minimum absolute atomic E-state index is 0.0690. The summed E-state index contributed by atoms with van der Waals surface area (Å²) in [5, 5.41) is 8.95. The van der Waals surface area contributed by atoms with Crippen LogP contribution < -0.4 is 4.74 Å². The molecule has 0 aromatic heterocycles. The lowest BCUT2D eigenvalue weighted by Crippen LogP contribution is -2.33. The number of rotatable bonds is 8. The van der Waals surface area contributed by atoms with Crippen molar-refractivity contribution in [3.8, 4) is 5.75 Å². The smallest absolute Gasteiger partial charge is 0.176 e. The Kier molecular flexibility index (Phi) is 6.39. The predicted octanol–water partition coefficient (Wildman–Crippen LogP) is 1.58. The molecule has 4 nitrogen and oxygen atoms in total. The molecule has 1 N–H and O–H groups in total. The highest BCUT2D eigenvalue weighted by Crippen LogP contribution is 2.12. The van der Waals surface area contributed by atoms with Gasteiger partial charge in [0.15, 0.2) is 5.78 Å². The van der Waals surface area contributed by atoms with Crippen molar-refractivity contribution >= 4 is 5.78 Å². The summed E-state index contributed by atoms with van der Waals surface area (Å²) >= 11 is 0. The molecule has 0 bridgehead atoms. The average Bonchev–Trinajstić information content (AvgIpc) is 2.39. The van der Waals surface area contributed by atoms with Crippen LogP contribution in [0.4, 0.5) is 0 Å². The fourth-order valence-corrected chi connectivity index (χ4v) is 1.80. The molecule has 100 valence electrons. The van der Waals surface area contributed by atoms with Crippen molar-refractivity contribution in [2.24, 2.45) is 0 Å². The van der Waals surface area contributed by atoms with E-state index >= 15 is 0 Å². The Hall–Kier alpha value is -1.39. The molecular weight excluding hydrogens is 230 g/mol. The van der Waals surface area contributed by atoms with Crippen LogP contribution in [-0.4, -0.2) is 49.1 Å². The fourth-order valence-electron chi connectivity index (χ4n) is 1.80. The number of carbonyl (C=O) groups is 1. The van der Waals surface area contributed by atoms with Crippen LogP contribution in [0.5, 0.6) is 5.75 Å². The van der Waals surface area contributed by atoms with Gasteiger partial charge in [0.2, 0.25) is 0 Å². The van der Waals surface area contributed by atoms with E-state index < -0.39 is 0 Å². The second kappa shape index (κ2) is 7.84. The first-order valence-electron chi connectivity index (χ1n) is 6.21. The number of carbonyl (C=O) groups excluding carboxylic acids is 1. The number of aliphatic hydroxyl groups excluding tert-OH is 1. The van der Waals surface area contributed by atoms with Crippen molar-refractivity contribution < 1.29 is 14.6 Å². The summed E-state index contributed by atoms with van der Waals surface area (Å²) in [4.78, 5) is 14.0. The summed E-state index contributed by atoms with van der Waals surface area (Å²) in [6.45, 7) is 3.84. The minimum atomic E-state index is 0.0690. The van der Waals surface area contributed by atoms with Gasteiger partial charge in [-0.3, -0.25) is 9.69 Å². The number of methoxy groups -OCH3 is 1. The summed E-state index contributed by atoms with van der Waals surface area (Å²) in [6, 6.07) is 7.10. The number of benzene rings is 1. The van der Waals surface area contributed by atoms with Crippen LogP contribution in [0.1, 0.15) is 23.7 Å². The number of hydrogen-bond donors (Lipinski definition) is 1. The molecule has 0 atom stereocenters. The van der Waals surface area contributed by atoms with Gasteiger partial charge in [0.05, 0.1) is 20.3 Å². The Balaban J connectivity index is 2.61. The largest absolute Gasteiger partial charge is 0.497 e. The van der Waals surface area contributed by atoms with Crippen molar-refractivity contribution in [2.75, 3.05) is 33.4 Å². The molecule has 0 heterocycles. The molecule has 0 saturated heterocycles. The maximum absolute atomic E-state index is 12.0. The molecule has 0 fully saturated rings. The van der Waals surface area contributed by atoms with Crippen molar-refractivity contribution in [2.45, 2.75) is 13.3 Å². The molecule has 0 amide bonds. The van der Waals surface area contributed by atoms with Crippen molar-refractivity contribution in [1.29, 1.82) is 0 Å². The van der Waals surface area contributed by atoms with Gasteiger partial charge in [-0.05, 0) is 37.2 Å². The summed E-state index contributed by atoms with van der Waals surface area (Å²) < 4.78 is 5.05. The van der Waals surface area contributed by atoms with E-state index in [1.807, 2.05) is 4.90 Å². The van der Waals surface area contributed by atoms with Gasteiger partial charge in [0.1, 0.15) is 5.75 Å². The first kappa shape index (κ1) is 14.7. The summed E-state index contributed by atoms with van der Waals surface area (Å²) in [5.41, 5.74) is 0.676. The lowest BCUT2D eigenvalue weighted by atomic mass is 10.1. The molecule has 0 saturated carbocycles. The second-order valence-corrected chi connectivity index (χ2v) is 4.15. The van der Waals surface area contributed by atoms with Gasteiger partial charge in [0.25, 0.3) is 0 Å². The van der Waals surface area contributed by atoms with E-state index in [4.69, 9.17) is 9.84 Å². The van der Waals surface area contributed by atoms with E-state index in [1.165, 1.54) is 0 Å². The predicted molar refractivity (Wildman–Crippen MR) is 71.1 cm³/mol. The van der Waals surface area contributed by atoms with Crippen molar-refractivity contribution in [1.82, 2.24) is 4.90 Å². The fraction of sp³-hybridized carbons (Fsp3) is 0.500. The van der Waals surface area contributed by atoms with Gasteiger partial charge < -0.3 is 9.84 Å². The third kappa shape index (κ3) is 4.47. The molecular formula is C14H21NO3. The number of Topliss-reactive ketones (excluding diaryl/α,β-unsaturated/α-hetero) is 1. The molecule has 1 aromatic rings. The zero-order chi connectivity index (χ0) is 13.4. The van der Waals surface area contributed by atoms with Crippen LogP contribution in [0.2, 0.25) is 0 Å². The number of ketones is 1. The van der Waals surface area contributed by atoms with E-state index in [-0.39, 0.29) is 12.4 Å². The van der Waals surface area contributed by atoms with E-state index in [0.29, 0.717) is 18.7 Å². The molecule has 0 spiro atoms. The number of nitrogens with zero attached hydrogens (tertiary/aromatic N) is 1. The molecule has 1 rings (SSSR count). The highest BCUT2D eigenvalue weighted by Gasteiger charge is 2.11. The summed E-state index contributed by atoms with van der Waals surface area (Å²) in [7, 11) is 1.60. The van der Waals surface area contributed by atoms with E-state index in [2.05, 4.69) is 6.92 Å². The zero-order valence-corrected chi connectivity index (χ0v) is 11.1. The minimum Gasteiger partial charge on any atom is -0.497 e. The summed E-state index contributed by atoms with van der Waals surface area (Å²) in [6.07, 6.45) is 0.968. The maximum atomic E-state index is 12.0. The number of ether oxygens (including phenoxy) is 1. The van der Waals surface area contributed by atoms with Gasteiger partial charge in [-0.1, -0.05) is 6.92 Å². The molecule has 0 radical (unpaired) electrons. The quantitative estimate of drug-likeness (QED) is 0.713. The monoisotopic (exact) mass is 251 g/mol. The Morgan fingerprint density at radius 3 is 2.44 bits per heavy atom. The summed E-state index contributed by atoms with van der Waals surface area (Å²) in [5.74, 6) is 0.812. The third-order valence-corrected chi connectivity index (χ3v) is 2.74. The lowest BCUT2D eigenvalue weighted by molar-refractivity contribution is 0.0915. The van der Waals surface area contributed by atoms with E-state index in [0.717, 1.165) is 18.7 Å². The van der Waals surface area contributed by atoms with Crippen LogP contribution in [0, 0.1) is 0 Å². The Labute approximate surface area is 108 Å². The van der Waals surface area contributed by atoms with Gasteiger partial charge in [0, 0.05) is 12.1 Å². The lowest BCUT2D eigenvalue weighted by Gasteiger charge is -2.19. The third-order valence-electron chi connectivity index (χ3n) is 2.74. The van der Waals surface area contributed by atoms with Gasteiger partial charge in [-0.2, -0.15) is 0 Å². The topological polar surface area (TPSA) is 49.8 Å². The Bertz CT molecular complexity index is 356. The molecule has 18 heavy (non-hydrogen) atoms. The number of aliphatic hydroxyl groups is 1. The first-order valence-corrected chi connectivity index (χ1v) is 6.21. The van der Waals surface area contributed by atoms with Crippen molar-refractivity contribution in [3.63, 3.8) is 0 Å². The maximum Gasteiger partial charge on any atom is 0.176 e. The highest BCUT2D eigenvalue weighted by molar-refractivity contribution is 5.97. The highest BCUT2D eigenvalue weighted by atomic mass is 16.5. The van der Waals surface area contributed by atoms with Gasteiger partial charge >= 0.3 is 0 Å². The molecule has 4 heteroatoms. The molecule has 0 aliphatic heterocycles. The van der Waals surface area contributed by atoms with Crippen LogP contribution >= 0.6 is 0 Å². The second-order valence-electron chi connectivity index (χ2n) is 4.15. The van der Waals surface area contributed by atoms with Crippen LogP contribution in [0.3, 0.4) is 0 Å². The SMILES string of the molecule is CCCN(CCO)CC(=O)c1ccc(OC)cc1. The zero-order valence-electron chi connectivity index (χ0n) is 11.1. The standard InChI is InChI=1S/C14H21NO3/c1-3-8-15(9-10-16)11-14(17)12-4-6-13(18-2)7-5-12/h4-7,16H,3,8-11H2,1-2H3. The molecule has 0 aliphatic carbocycles. The molecule has 0 unspecified atom stereocenters. The first-order chi connectivity index (χ1) is 8.71. The van der Waals surface area contributed by atoms with Crippen LogP contribution in [0.15, 0.2) is 24.3 Å². The molecule has 1 aromatic carbocycles. The van der Waals surface area contributed by atoms with Gasteiger partial charge in [-0.25, -0.2) is 0 Å². The van der Waals surface area contributed by atoms with Gasteiger partial charge in [-0.15, -0.1) is 0 Å². The van der Waals surface area contributed by atoms with Crippen LogP contribution in [-0.2, 0) is 0 Å². The normalized spacial score (nSPS) is 10.7. The average molecular weight is 251 g/mol. The molecule has 0 aliphatic rings. The Morgan fingerprint density at radius 1 is 1.28 bits per heavy atom. The van der Waals surface area contributed by atoms with Crippen LogP contribution in [0.25, 0.3) is 0 Å². The van der Waals surface area contributed by atoms with E-state index in [1.54, 1.807) is 31.4 Å². The number of hydrogen-bond acceptors (Lipinski definition) is 4. The van der Waals surface area contributed by atoms with Crippen molar-refractivity contribution in [3.05, 3.63) is 29.8 Å².